The van der Waals surface area contributed by atoms with Crippen LogP contribution >= 0.6 is 0 Å². The Morgan fingerprint density at radius 1 is 1.10 bits per heavy atom. The van der Waals surface area contributed by atoms with Crippen LogP contribution < -0.4 is 10.5 Å². The quantitative estimate of drug-likeness (QED) is 0.588. The standard InChI is InChI=1S/C17H11F7N4O2/c1-7(16(19,20)21)29-12-3-2-8(4-11(12)17(22,23)24)15-27-14(28-30-15)10-5-9(18)6-26-13(10)25/h2-7H,1H3,(H2,25,26)/t7-/m0/s1. The fourth-order valence-electron chi connectivity index (χ4n) is 2.32. The summed E-state index contributed by atoms with van der Waals surface area (Å²) in [5, 5.41) is 3.53. The molecule has 3 rings (SSSR count). The van der Waals surface area contributed by atoms with Crippen molar-refractivity contribution in [3.8, 4) is 28.6 Å². The molecule has 0 aliphatic carbocycles. The van der Waals surface area contributed by atoms with Crippen molar-refractivity contribution >= 4 is 5.82 Å². The first-order chi connectivity index (χ1) is 13.9. The van der Waals surface area contributed by atoms with E-state index in [1.807, 2.05) is 0 Å². The maximum Gasteiger partial charge on any atom is 0.425 e. The smallest absolute Gasteiger partial charge is 0.425 e. The number of hydrogen-bond donors (Lipinski definition) is 1. The number of nitrogens with two attached hydrogens (primary N) is 1. The van der Waals surface area contributed by atoms with Crippen molar-refractivity contribution in [3.63, 3.8) is 0 Å². The van der Waals surface area contributed by atoms with Crippen LogP contribution in [0.3, 0.4) is 0 Å². The molecule has 2 N–H and O–H groups in total. The Morgan fingerprint density at radius 3 is 2.43 bits per heavy atom. The molecule has 0 fully saturated rings. The minimum Gasteiger partial charge on any atom is -0.481 e. The van der Waals surface area contributed by atoms with Gasteiger partial charge in [-0.1, -0.05) is 5.16 Å². The van der Waals surface area contributed by atoms with E-state index in [0.717, 1.165) is 18.3 Å². The van der Waals surface area contributed by atoms with Crippen LogP contribution in [0.25, 0.3) is 22.8 Å². The fraction of sp³-hybridized carbons (Fsp3) is 0.235. The molecule has 0 aliphatic heterocycles. The van der Waals surface area contributed by atoms with E-state index in [2.05, 4.69) is 19.9 Å². The molecule has 0 bridgehead atoms. The van der Waals surface area contributed by atoms with Crippen LogP contribution in [0.1, 0.15) is 12.5 Å². The molecule has 0 aliphatic rings. The lowest BCUT2D eigenvalue weighted by Crippen LogP contribution is -2.31. The highest BCUT2D eigenvalue weighted by Crippen LogP contribution is 2.40. The first kappa shape index (κ1) is 21.3. The Kier molecular flexibility index (Phi) is 5.31. The molecule has 0 unspecified atom stereocenters. The Balaban J connectivity index is 2.00. The van der Waals surface area contributed by atoms with Gasteiger partial charge in [-0.25, -0.2) is 9.37 Å². The van der Waals surface area contributed by atoms with Gasteiger partial charge in [0.05, 0.1) is 17.3 Å². The van der Waals surface area contributed by atoms with Crippen LogP contribution in [-0.4, -0.2) is 27.4 Å². The van der Waals surface area contributed by atoms with Gasteiger partial charge in [-0.15, -0.1) is 0 Å². The van der Waals surface area contributed by atoms with Crippen molar-refractivity contribution in [1.29, 1.82) is 0 Å². The molecular weight excluding hydrogens is 425 g/mol. The summed E-state index contributed by atoms with van der Waals surface area (Å²) in [6.07, 6.45) is -11.5. The first-order valence-corrected chi connectivity index (χ1v) is 8.06. The molecule has 0 saturated carbocycles. The third kappa shape index (κ3) is 4.44. The summed E-state index contributed by atoms with van der Waals surface area (Å²) in [7, 11) is 0. The summed E-state index contributed by atoms with van der Waals surface area (Å²) in [6.45, 7) is 0.579. The average molecular weight is 436 g/mol. The number of anilines is 1. The third-order valence-corrected chi connectivity index (χ3v) is 3.85. The van der Waals surface area contributed by atoms with Crippen molar-refractivity contribution < 1.29 is 40.0 Å². The number of benzene rings is 1. The summed E-state index contributed by atoms with van der Waals surface area (Å²) in [4.78, 5) is 7.42. The van der Waals surface area contributed by atoms with Gasteiger partial charge in [-0.05, 0) is 31.2 Å². The Labute approximate surface area is 163 Å². The number of alkyl halides is 6. The second-order valence-electron chi connectivity index (χ2n) is 6.02. The number of halogens is 7. The lowest BCUT2D eigenvalue weighted by Gasteiger charge is -2.20. The fourth-order valence-corrected chi connectivity index (χ4v) is 2.32. The lowest BCUT2D eigenvalue weighted by atomic mass is 10.1. The molecule has 0 spiro atoms. The van der Waals surface area contributed by atoms with Gasteiger partial charge in [0, 0.05) is 5.56 Å². The van der Waals surface area contributed by atoms with Gasteiger partial charge in [-0.3, -0.25) is 0 Å². The monoisotopic (exact) mass is 436 g/mol. The van der Waals surface area contributed by atoms with E-state index in [0.29, 0.717) is 19.1 Å². The lowest BCUT2D eigenvalue weighted by molar-refractivity contribution is -0.191. The molecule has 13 heteroatoms. The summed E-state index contributed by atoms with van der Waals surface area (Å²) in [5.41, 5.74) is 3.82. The molecule has 160 valence electrons. The number of rotatable bonds is 4. The summed E-state index contributed by atoms with van der Waals surface area (Å²) >= 11 is 0. The zero-order chi connectivity index (χ0) is 22.3. The predicted octanol–water partition coefficient (Wildman–Crippen LogP) is 4.87. The van der Waals surface area contributed by atoms with Crippen LogP contribution in [-0.2, 0) is 6.18 Å². The predicted molar refractivity (Wildman–Crippen MR) is 88.5 cm³/mol. The first-order valence-electron chi connectivity index (χ1n) is 8.06. The van der Waals surface area contributed by atoms with Crippen LogP contribution in [0.5, 0.6) is 5.75 Å². The minimum atomic E-state index is -5.03. The number of pyridine rings is 1. The van der Waals surface area contributed by atoms with Crippen molar-refractivity contribution in [2.75, 3.05) is 5.73 Å². The van der Waals surface area contributed by atoms with Crippen molar-refractivity contribution in [2.45, 2.75) is 25.4 Å². The number of hydrogen-bond acceptors (Lipinski definition) is 6. The molecule has 1 aromatic carbocycles. The maximum atomic E-state index is 13.4. The maximum absolute atomic E-state index is 13.4. The number of nitrogen functional groups attached to an aromatic ring is 1. The molecule has 1 atom stereocenters. The summed E-state index contributed by atoms with van der Waals surface area (Å²) < 4.78 is 101. The molecule has 2 heterocycles. The van der Waals surface area contributed by atoms with Crippen molar-refractivity contribution in [3.05, 3.63) is 41.8 Å². The summed E-state index contributed by atoms with van der Waals surface area (Å²) in [6, 6.07) is 3.18. The van der Waals surface area contributed by atoms with Gasteiger partial charge >= 0.3 is 12.4 Å². The van der Waals surface area contributed by atoms with E-state index in [1.54, 1.807) is 0 Å². The molecule has 2 aromatic heterocycles. The summed E-state index contributed by atoms with van der Waals surface area (Å²) in [5.74, 6) is -2.58. The van der Waals surface area contributed by atoms with E-state index in [4.69, 9.17) is 10.3 Å². The largest absolute Gasteiger partial charge is 0.481 e. The van der Waals surface area contributed by atoms with Gasteiger partial charge in [0.25, 0.3) is 5.89 Å². The van der Waals surface area contributed by atoms with E-state index >= 15 is 0 Å². The average Bonchev–Trinajstić information content (AvgIpc) is 3.12. The number of ether oxygens (including phenoxy) is 1. The van der Waals surface area contributed by atoms with E-state index < -0.39 is 41.5 Å². The normalized spacial score (nSPS) is 13.3. The van der Waals surface area contributed by atoms with Crippen LogP contribution in [0, 0.1) is 5.82 Å². The second kappa shape index (κ2) is 7.46. The minimum absolute atomic E-state index is 0.0556. The van der Waals surface area contributed by atoms with Crippen LogP contribution in [0.4, 0.5) is 36.6 Å². The zero-order valence-electron chi connectivity index (χ0n) is 14.8. The third-order valence-electron chi connectivity index (χ3n) is 3.85. The zero-order valence-corrected chi connectivity index (χ0v) is 14.8. The van der Waals surface area contributed by atoms with Crippen LogP contribution in [0.15, 0.2) is 35.0 Å². The topological polar surface area (TPSA) is 87.1 Å². The number of aromatic nitrogens is 3. The van der Waals surface area contributed by atoms with Gasteiger partial charge in [0.1, 0.15) is 17.4 Å². The van der Waals surface area contributed by atoms with Gasteiger partial charge < -0.3 is 15.0 Å². The molecule has 6 nitrogen and oxygen atoms in total. The highest BCUT2D eigenvalue weighted by molar-refractivity contribution is 5.69. The molecule has 0 amide bonds. The molecule has 0 saturated heterocycles. The second-order valence-corrected chi connectivity index (χ2v) is 6.02. The Hall–Kier alpha value is -3.38. The van der Waals surface area contributed by atoms with E-state index in [1.165, 1.54) is 0 Å². The van der Waals surface area contributed by atoms with Crippen molar-refractivity contribution in [1.82, 2.24) is 15.1 Å². The van der Waals surface area contributed by atoms with Crippen molar-refractivity contribution in [2.24, 2.45) is 0 Å². The highest BCUT2D eigenvalue weighted by atomic mass is 19.4. The molecule has 30 heavy (non-hydrogen) atoms. The van der Waals surface area contributed by atoms with E-state index in [9.17, 15) is 30.7 Å². The van der Waals surface area contributed by atoms with Crippen LogP contribution in [0.2, 0.25) is 0 Å². The Bertz CT molecular complexity index is 1060. The van der Waals surface area contributed by atoms with Gasteiger partial charge in [-0.2, -0.15) is 31.3 Å². The van der Waals surface area contributed by atoms with E-state index in [-0.39, 0.29) is 22.8 Å². The van der Waals surface area contributed by atoms with Gasteiger partial charge in [0.2, 0.25) is 5.82 Å². The number of nitrogens with zero attached hydrogens (tertiary/aromatic N) is 3. The Morgan fingerprint density at radius 2 is 1.80 bits per heavy atom. The SMILES string of the molecule is C[C@H](Oc1ccc(-c2nc(-c3cc(F)cnc3N)no2)cc1C(F)(F)F)C(F)(F)F. The molecule has 3 aromatic rings. The molecular formula is C17H11F7N4O2. The highest BCUT2D eigenvalue weighted by Gasteiger charge is 2.41. The molecule has 0 radical (unpaired) electrons. The van der Waals surface area contributed by atoms with Gasteiger partial charge in [0.15, 0.2) is 6.10 Å².